The largest absolute Gasteiger partial charge is 0.492 e. The van der Waals surface area contributed by atoms with Crippen LogP contribution >= 0.6 is 0 Å². The first kappa shape index (κ1) is 14.3. The molecule has 0 aromatic heterocycles. The maximum Gasteiger partial charge on any atom is 0.341 e. The number of unbranched alkanes of at least 4 members (excludes halogenated alkanes) is 1. The van der Waals surface area contributed by atoms with Crippen LogP contribution in [0.25, 0.3) is 0 Å². The fraction of sp³-hybridized carbons (Fsp3) is 0.538. The summed E-state index contributed by atoms with van der Waals surface area (Å²) in [6, 6.07) is 0. The van der Waals surface area contributed by atoms with Crippen molar-refractivity contribution in [3.63, 3.8) is 0 Å². The first-order valence-corrected chi connectivity index (χ1v) is 5.87. The van der Waals surface area contributed by atoms with E-state index in [0.717, 1.165) is 12.8 Å². The van der Waals surface area contributed by atoms with E-state index in [1.165, 1.54) is 26.6 Å². The van der Waals surface area contributed by atoms with E-state index >= 15 is 0 Å². The minimum absolute atomic E-state index is 0.214. The van der Waals surface area contributed by atoms with Crippen molar-refractivity contribution in [1.82, 2.24) is 0 Å². The summed E-state index contributed by atoms with van der Waals surface area (Å²) in [6.45, 7) is 2.06. The molecule has 100 valence electrons. The Balaban J connectivity index is 2.89. The highest BCUT2D eigenvalue weighted by Gasteiger charge is 2.27. The highest BCUT2D eigenvalue weighted by atomic mass is 16.5. The number of carbonyl (C=O) groups is 2. The molecule has 1 aliphatic heterocycles. The fourth-order valence-corrected chi connectivity index (χ4v) is 1.67. The Morgan fingerprint density at radius 2 is 1.94 bits per heavy atom. The van der Waals surface area contributed by atoms with E-state index in [2.05, 4.69) is 11.7 Å². The van der Waals surface area contributed by atoms with Crippen molar-refractivity contribution < 1.29 is 23.8 Å². The molecule has 18 heavy (non-hydrogen) atoms. The van der Waals surface area contributed by atoms with Gasteiger partial charge in [-0.25, -0.2) is 9.59 Å². The summed E-state index contributed by atoms with van der Waals surface area (Å²) in [5, 5.41) is 0. The standard InChI is InChI=1S/C13H18O5/c1-4-5-6-11-10(13(15)17-3)7-9(8-18-11)12(14)16-2/h7-8,11H,4-6H2,1-3H3. The van der Waals surface area contributed by atoms with Crippen LogP contribution in [0.5, 0.6) is 0 Å². The van der Waals surface area contributed by atoms with Gasteiger partial charge in [0, 0.05) is 0 Å². The normalized spacial score (nSPS) is 18.3. The van der Waals surface area contributed by atoms with Crippen molar-refractivity contribution in [2.45, 2.75) is 32.3 Å². The van der Waals surface area contributed by atoms with Gasteiger partial charge in [0.1, 0.15) is 6.10 Å². The van der Waals surface area contributed by atoms with Crippen LogP contribution in [0.2, 0.25) is 0 Å². The summed E-state index contributed by atoms with van der Waals surface area (Å²) in [6.07, 6.45) is 5.09. The first-order valence-electron chi connectivity index (χ1n) is 5.87. The zero-order valence-corrected chi connectivity index (χ0v) is 10.9. The molecule has 0 saturated heterocycles. The Kier molecular flexibility index (Phi) is 5.42. The van der Waals surface area contributed by atoms with Crippen molar-refractivity contribution in [2.24, 2.45) is 0 Å². The van der Waals surface area contributed by atoms with Crippen LogP contribution in [0.4, 0.5) is 0 Å². The van der Waals surface area contributed by atoms with E-state index in [1.54, 1.807) is 0 Å². The van der Waals surface area contributed by atoms with Gasteiger partial charge in [-0.05, 0) is 18.9 Å². The summed E-state index contributed by atoms with van der Waals surface area (Å²) >= 11 is 0. The van der Waals surface area contributed by atoms with Crippen molar-refractivity contribution in [3.05, 3.63) is 23.5 Å². The molecule has 1 atom stereocenters. The van der Waals surface area contributed by atoms with Crippen LogP contribution < -0.4 is 0 Å². The van der Waals surface area contributed by atoms with Crippen molar-refractivity contribution >= 4 is 11.9 Å². The van der Waals surface area contributed by atoms with Crippen LogP contribution in [0.15, 0.2) is 23.5 Å². The highest BCUT2D eigenvalue weighted by Crippen LogP contribution is 2.23. The van der Waals surface area contributed by atoms with E-state index in [4.69, 9.17) is 9.47 Å². The monoisotopic (exact) mass is 254 g/mol. The summed E-state index contributed by atoms with van der Waals surface area (Å²) in [5.41, 5.74) is 0.569. The number of methoxy groups -OCH3 is 2. The van der Waals surface area contributed by atoms with Crippen LogP contribution in [-0.2, 0) is 23.8 Å². The van der Waals surface area contributed by atoms with Gasteiger partial charge in [-0.3, -0.25) is 0 Å². The topological polar surface area (TPSA) is 61.8 Å². The Morgan fingerprint density at radius 3 is 2.50 bits per heavy atom. The third-order valence-corrected chi connectivity index (χ3v) is 2.68. The van der Waals surface area contributed by atoms with Crippen LogP contribution in [0, 0.1) is 0 Å². The fourth-order valence-electron chi connectivity index (χ4n) is 1.67. The maximum absolute atomic E-state index is 11.6. The molecule has 0 radical (unpaired) electrons. The molecular weight excluding hydrogens is 236 g/mol. The lowest BCUT2D eigenvalue weighted by molar-refractivity contribution is -0.137. The predicted octanol–water partition coefficient (Wildman–Crippen LogP) is 1.73. The molecule has 0 aliphatic carbocycles. The van der Waals surface area contributed by atoms with Gasteiger partial charge in [0.25, 0.3) is 0 Å². The molecule has 1 rings (SSSR count). The van der Waals surface area contributed by atoms with Gasteiger partial charge in [0.2, 0.25) is 0 Å². The number of ether oxygens (including phenoxy) is 3. The summed E-state index contributed by atoms with van der Waals surface area (Å²) in [7, 11) is 2.58. The highest BCUT2D eigenvalue weighted by molar-refractivity contribution is 5.97. The molecule has 1 aliphatic rings. The second kappa shape index (κ2) is 6.83. The van der Waals surface area contributed by atoms with Gasteiger partial charge in [-0.1, -0.05) is 13.3 Å². The maximum atomic E-state index is 11.6. The Bertz CT molecular complexity index is 381. The molecule has 1 unspecified atom stereocenters. The van der Waals surface area contributed by atoms with Crippen molar-refractivity contribution in [2.75, 3.05) is 14.2 Å². The van der Waals surface area contributed by atoms with Gasteiger partial charge >= 0.3 is 11.9 Å². The smallest absolute Gasteiger partial charge is 0.341 e. The van der Waals surface area contributed by atoms with E-state index in [9.17, 15) is 9.59 Å². The lowest BCUT2D eigenvalue weighted by Gasteiger charge is -2.22. The van der Waals surface area contributed by atoms with Crippen molar-refractivity contribution in [3.8, 4) is 0 Å². The van der Waals surface area contributed by atoms with E-state index < -0.39 is 11.9 Å². The SMILES string of the molecule is CCCCC1OC=C(C(=O)OC)C=C1C(=O)OC. The van der Waals surface area contributed by atoms with Crippen LogP contribution in [0.1, 0.15) is 26.2 Å². The zero-order valence-electron chi connectivity index (χ0n) is 10.9. The minimum atomic E-state index is -0.537. The number of esters is 2. The molecule has 5 nitrogen and oxygen atoms in total. The zero-order chi connectivity index (χ0) is 13.5. The summed E-state index contributed by atoms with van der Waals surface area (Å²) in [5.74, 6) is -1.02. The molecule has 0 aromatic carbocycles. The predicted molar refractivity (Wildman–Crippen MR) is 64.6 cm³/mol. The second-order valence-corrected chi connectivity index (χ2v) is 3.92. The lowest BCUT2D eigenvalue weighted by atomic mass is 10.00. The molecule has 1 heterocycles. The Morgan fingerprint density at radius 1 is 1.28 bits per heavy atom. The van der Waals surface area contributed by atoms with Crippen molar-refractivity contribution in [1.29, 1.82) is 0 Å². The van der Waals surface area contributed by atoms with E-state index in [1.807, 2.05) is 0 Å². The van der Waals surface area contributed by atoms with Gasteiger partial charge in [0.05, 0.1) is 31.6 Å². The molecule has 0 aromatic rings. The Labute approximate surface area is 106 Å². The quantitative estimate of drug-likeness (QED) is 0.699. The molecule has 0 saturated carbocycles. The van der Waals surface area contributed by atoms with Crippen LogP contribution in [0.3, 0.4) is 0 Å². The third kappa shape index (κ3) is 3.35. The molecule has 0 fully saturated rings. The second-order valence-electron chi connectivity index (χ2n) is 3.92. The Hall–Kier alpha value is -1.78. The van der Waals surface area contributed by atoms with Gasteiger partial charge in [-0.15, -0.1) is 0 Å². The molecule has 0 amide bonds. The van der Waals surface area contributed by atoms with E-state index in [-0.39, 0.29) is 11.7 Å². The van der Waals surface area contributed by atoms with Crippen LogP contribution in [-0.4, -0.2) is 32.3 Å². The lowest BCUT2D eigenvalue weighted by Crippen LogP contribution is -2.25. The average molecular weight is 254 g/mol. The first-order chi connectivity index (χ1) is 8.63. The van der Waals surface area contributed by atoms with E-state index in [0.29, 0.717) is 12.0 Å². The molecule has 5 heteroatoms. The van der Waals surface area contributed by atoms with Gasteiger partial charge < -0.3 is 14.2 Å². The average Bonchev–Trinajstić information content (AvgIpc) is 2.43. The number of hydrogen-bond donors (Lipinski definition) is 0. The molecule has 0 bridgehead atoms. The molecule has 0 N–H and O–H groups in total. The van der Waals surface area contributed by atoms with Gasteiger partial charge in [-0.2, -0.15) is 0 Å². The summed E-state index contributed by atoms with van der Waals surface area (Å²) < 4.78 is 14.7. The van der Waals surface area contributed by atoms with Gasteiger partial charge in [0.15, 0.2) is 0 Å². The summed E-state index contributed by atoms with van der Waals surface area (Å²) in [4.78, 5) is 23.0. The number of hydrogen-bond acceptors (Lipinski definition) is 5. The number of rotatable bonds is 5. The third-order valence-electron chi connectivity index (χ3n) is 2.68. The number of carbonyl (C=O) groups excluding carboxylic acids is 2. The molecule has 0 spiro atoms. The molecular formula is C13H18O5. The minimum Gasteiger partial charge on any atom is -0.492 e.